The lowest BCUT2D eigenvalue weighted by Gasteiger charge is -2.17. The molecule has 3 aromatic rings. The van der Waals surface area contributed by atoms with Crippen LogP contribution in [0.3, 0.4) is 0 Å². The number of rotatable bonds is 5. The molecule has 1 aliphatic heterocycles. The standard InChI is InChI=1S/C22H21N3O3/c26-21(19-3-1-4-20(14-19)25-11-2-10-23-25)24-12-9-17(15-24)13-16-5-7-18(8-6-16)22(27)28/h1-8,10-11,14,17H,9,12-13,15H2,(H,27,28)/t17-/m0/s1. The second kappa shape index (κ2) is 7.68. The van der Waals surface area contributed by atoms with Crippen LogP contribution in [0, 0.1) is 5.92 Å². The summed E-state index contributed by atoms with van der Waals surface area (Å²) in [5.41, 5.74) is 2.93. The summed E-state index contributed by atoms with van der Waals surface area (Å²) in [4.78, 5) is 25.8. The van der Waals surface area contributed by atoms with Crippen molar-refractivity contribution in [1.82, 2.24) is 14.7 Å². The highest BCUT2D eigenvalue weighted by molar-refractivity contribution is 5.95. The van der Waals surface area contributed by atoms with Crippen LogP contribution in [-0.4, -0.2) is 44.8 Å². The molecule has 0 saturated carbocycles. The predicted molar refractivity (Wildman–Crippen MR) is 105 cm³/mol. The number of hydrogen-bond acceptors (Lipinski definition) is 3. The lowest BCUT2D eigenvalue weighted by Crippen LogP contribution is -2.29. The Bertz CT molecular complexity index is 981. The Labute approximate surface area is 163 Å². The van der Waals surface area contributed by atoms with E-state index in [0.717, 1.165) is 30.6 Å². The molecule has 1 atom stereocenters. The molecule has 142 valence electrons. The summed E-state index contributed by atoms with van der Waals surface area (Å²) >= 11 is 0. The molecule has 2 heterocycles. The molecule has 0 unspecified atom stereocenters. The number of likely N-dealkylation sites (tertiary alicyclic amines) is 1. The van der Waals surface area contributed by atoms with Gasteiger partial charge >= 0.3 is 5.97 Å². The Morgan fingerprint density at radius 2 is 1.89 bits per heavy atom. The van der Waals surface area contributed by atoms with Crippen molar-refractivity contribution in [3.63, 3.8) is 0 Å². The normalized spacial score (nSPS) is 16.3. The van der Waals surface area contributed by atoms with E-state index in [1.807, 2.05) is 53.6 Å². The van der Waals surface area contributed by atoms with E-state index in [4.69, 9.17) is 5.11 Å². The maximum atomic E-state index is 12.9. The number of benzene rings is 2. The van der Waals surface area contributed by atoms with Gasteiger partial charge in [0.2, 0.25) is 0 Å². The molecule has 1 amide bonds. The highest BCUT2D eigenvalue weighted by atomic mass is 16.4. The van der Waals surface area contributed by atoms with Gasteiger partial charge in [-0.2, -0.15) is 5.10 Å². The van der Waals surface area contributed by atoms with Gasteiger partial charge in [-0.15, -0.1) is 0 Å². The van der Waals surface area contributed by atoms with Crippen LogP contribution in [0.15, 0.2) is 67.0 Å². The average Bonchev–Trinajstić information content (AvgIpc) is 3.40. The topological polar surface area (TPSA) is 75.4 Å². The van der Waals surface area contributed by atoms with Gasteiger partial charge in [0, 0.05) is 31.0 Å². The summed E-state index contributed by atoms with van der Waals surface area (Å²) in [6, 6.07) is 16.4. The number of carboxylic acids is 1. The molecule has 1 N–H and O–H groups in total. The van der Waals surface area contributed by atoms with Crippen LogP contribution in [0.4, 0.5) is 0 Å². The molecular formula is C22H21N3O3. The average molecular weight is 375 g/mol. The number of amides is 1. The van der Waals surface area contributed by atoms with Gasteiger partial charge in [-0.3, -0.25) is 4.79 Å². The Balaban J connectivity index is 1.40. The van der Waals surface area contributed by atoms with Gasteiger partial charge < -0.3 is 10.0 Å². The van der Waals surface area contributed by atoms with Crippen molar-refractivity contribution < 1.29 is 14.7 Å². The first-order valence-corrected chi connectivity index (χ1v) is 9.32. The van der Waals surface area contributed by atoms with Crippen LogP contribution < -0.4 is 0 Å². The number of aromatic nitrogens is 2. The minimum atomic E-state index is -0.915. The lowest BCUT2D eigenvalue weighted by molar-refractivity contribution is 0.0696. The quantitative estimate of drug-likeness (QED) is 0.743. The number of carbonyl (C=O) groups excluding carboxylic acids is 1. The van der Waals surface area contributed by atoms with Gasteiger partial charge in [-0.05, 0) is 60.7 Å². The molecular weight excluding hydrogens is 354 g/mol. The monoisotopic (exact) mass is 375 g/mol. The van der Waals surface area contributed by atoms with Gasteiger partial charge in [0.25, 0.3) is 5.91 Å². The predicted octanol–water partition coefficient (Wildman–Crippen LogP) is 3.28. The fourth-order valence-corrected chi connectivity index (χ4v) is 3.69. The first-order valence-electron chi connectivity index (χ1n) is 9.32. The van der Waals surface area contributed by atoms with E-state index in [1.54, 1.807) is 23.0 Å². The molecule has 0 spiro atoms. The molecule has 6 nitrogen and oxygen atoms in total. The van der Waals surface area contributed by atoms with Crippen LogP contribution in [-0.2, 0) is 6.42 Å². The smallest absolute Gasteiger partial charge is 0.335 e. The summed E-state index contributed by atoms with van der Waals surface area (Å²) < 4.78 is 1.74. The number of hydrogen-bond donors (Lipinski definition) is 1. The SMILES string of the molecule is O=C(O)c1ccc(C[C@@H]2CCN(C(=O)c3cccc(-n4cccn4)c3)C2)cc1. The van der Waals surface area contributed by atoms with Gasteiger partial charge in [-0.1, -0.05) is 18.2 Å². The Morgan fingerprint density at radius 3 is 2.61 bits per heavy atom. The van der Waals surface area contributed by atoms with Crippen molar-refractivity contribution in [2.75, 3.05) is 13.1 Å². The van der Waals surface area contributed by atoms with E-state index in [9.17, 15) is 9.59 Å². The first kappa shape index (κ1) is 18.0. The third-order valence-electron chi connectivity index (χ3n) is 5.16. The maximum Gasteiger partial charge on any atom is 0.335 e. The molecule has 1 saturated heterocycles. The molecule has 2 aromatic carbocycles. The largest absolute Gasteiger partial charge is 0.478 e. The fraction of sp³-hybridized carbons (Fsp3) is 0.227. The zero-order valence-corrected chi connectivity index (χ0v) is 15.4. The van der Waals surface area contributed by atoms with Crippen LogP contribution in [0.5, 0.6) is 0 Å². The van der Waals surface area contributed by atoms with Gasteiger partial charge in [0.05, 0.1) is 11.3 Å². The molecule has 0 radical (unpaired) electrons. The Kier molecular flexibility index (Phi) is 4.93. The molecule has 4 rings (SSSR count). The molecule has 0 bridgehead atoms. The number of carboxylic acid groups (broad SMARTS) is 1. The number of nitrogens with zero attached hydrogens (tertiary/aromatic N) is 3. The summed E-state index contributed by atoms with van der Waals surface area (Å²) in [5, 5.41) is 13.2. The van der Waals surface area contributed by atoms with Gasteiger partial charge in [0.1, 0.15) is 0 Å². The minimum Gasteiger partial charge on any atom is -0.478 e. The third-order valence-corrected chi connectivity index (χ3v) is 5.16. The van der Waals surface area contributed by atoms with Crippen LogP contribution in [0.1, 0.15) is 32.7 Å². The summed E-state index contributed by atoms with van der Waals surface area (Å²) in [6.07, 6.45) is 5.36. The van der Waals surface area contributed by atoms with Crippen molar-refractivity contribution >= 4 is 11.9 Å². The van der Waals surface area contributed by atoms with Crippen molar-refractivity contribution in [3.8, 4) is 5.69 Å². The van der Waals surface area contributed by atoms with Crippen molar-refractivity contribution in [1.29, 1.82) is 0 Å². The Hall–Kier alpha value is -3.41. The Morgan fingerprint density at radius 1 is 1.07 bits per heavy atom. The highest BCUT2D eigenvalue weighted by Gasteiger charge is 2.27. The number of carbonyl (C=O) groups is 2. The summed E-state index contributed by atoms with van der Waals surface area (Å²) in [5.74, 6) is -0.492. The lowest BCUT2D eigenvalue weighted by atomic mass is 9.98. The van der Waals surface area contributed by atoms with E-state index in [2.05, 4.69) is 5.10 Å². The van der Waals surface area contributed by atoms with Crippen molar-refractivity contribution in [2.24, 2.45) is 5.92 Å². The van der Waals surface area contributed by atoms with Crippen LogP contribution in [0.25, 0.3) is 5.69 Å². The summed E-state index contributed by atoms with van der Waals surface area (Å²) in [7, 11) is 0. The number of aromatic carboxylic acids is 1. The second-order valence-corrected chi connectivity index (χ2v) is 7.11. The molecule has 1 aromatic heterocycles. The van der Waals surface area contributed by atoms with Gasteiger partial charge in [0.15, 0.2) is 0 Å². The minimum absolute atomic E-state index is 0.0396. The van der Waals surface area contributed by atoms with E-state index >= 15 is 0 Å². The van der Waals surface area contributed by atoms with Gasteiger partial charge in [-0.25, -0.2) is 9.48 Å². The van der Waals surface area contributed by atoms with E-state index in [0.29, 0.717) is 23.6 Å². The van der Waals surface area contributed by atoms with E-state index < -0.39 is 5.97 Å². The van der Waals surface area contributed by atoms with Crippen molar-refractivity contribution in [2.45, 2.75) is 12.8 Å². The van der Waals surface area contributed by atoms with E-state index in [1.165, 1.54) is 0 Å². The summed E-state index contributed by atoms with van der Waals surface area (Å²) in [6.45, 7) is 1.45. The van der Waals surface area contributed by atoms with Crippen LogP contribution in [0.2, 0.25) is 0 Å². The first-order chi connectivity index (χ1) is 13.6. The van der Waals surface area contributed by atoms with E-state index in [-0.39, 0.29) is 5.91 Å². The molecule has 1 fully saturated rings. The maximum absolute atomic E-state index is 12.9. The fourth-order valence-electron chi connectivity index (χ4n) is 3.69. The third kappa shape index (κ3) is 3.81. The van der Waals surface area contributed by atoms with Crippen LogP contribution >= 0.6 is 0 Å². The highest BCUT2D eigenvalue weighted by Crippen LogP contribution is 2.23. The second-order valence-electron chi connectivity index (χ2n) is 7.11. The molecule has 1 aliphatic rings. The zero-order chi connectivity index (χ0) is 19.5. The zero-order valence-electron chi connectivity index (χ0n) is 15.4. The van der Waals surface area contributed by atoms with Crippen molar-refractivity contribution in [3.05, 3.63) is 83.7 Å². The molecule has 0 aliphatic carbocycles. The molecule has 28 heavy (non-hydrogen) atoms. The molecule has 6 heteroatoms.